The van der Waals surface area contributed by atoms with Gasteiger partial charge in [-0.15, -0.1) is 0 Å². The van der Waals surface area contributed by atoms with Crippen molar-refractivity contribution in [2.24, 2.45) is 0 Å². The Hall–Kier alpha value is -1.66. The smallest absolute Gasteiger partial charge is 0.261 e. The summed E-state index contributed by atoms with van der Waals surface area (Å²) in [5.74, 6) is 0.758. The van der Waals surface area contributed by atoms with Gasteiger partial charge in [-0.25, -0.2) is 0 Å². The van der Waals surface area contributed by atoms with E-state index in [1.54, 1.807) is 12.1 Å². The number of benzene rings is 1. The zero-order valence-electron chi connectivity index (χ0n) is 13.5. The molecule has 0 spiro atoms. The van der Waals surface area contributed by atoms with Crippen LogP contribution >= 0.6 is 11.6 Å². The highest BCUT2D eigenvalue weighted by molar-refractivity contribution is 6.33. The molecule has 0 radical (unpaired) electrons. The molecule has 1 aromatic rings. The Bertz CT molecular complexity index is 548. The molecule has 6 nitrogen and oxygen atoms in total. The number of ether oxygens (including phenoxy) is 2. The fraction of sp³-hybridized carbons (Fsp3) is 0.562. The molecule has 0 saturated carbocycles. The van der Waals surface area contributed by atoms with Gasteiger partial charge in [-0.2, -0.15) is 0 Å². The van der Waals surface area contributed by atoms with Crippen LogP contribution in [0.2, 0.25) is 5.02 Å². The third-order valence-electron chi connectivity index (χ3n) is 3.90. The van der Waals surface area contributed by atoms with Crippen LogP contribution in [0.5, 0.6) is 11.5 Å². The Morgan fingerprint density at radius 1 is 1.43 bits per heavy atom. The van der Waals surface area contributed by atoms with Gasteiger partial charge in [0.05, 0.1) is 17.8 Å². The largest absolute Gasteiger partial charge is 0.493 e. The first-order valence-corrected chi connectivity index (χ1v) is 8.23. The summed E-state index contributed by atoms with van der Waals surface area (Å²) in [6.45, 7) is 3.74. The third-order valence-corrected chi connectivity index (χ3v) is 4.23. The lowest BCUT2D eigenvalue weighted by molar-refractivity contribution is -0.129. The van der Waals surface area contributed by atoms with Crippen LogP contribution in [0.3, 0.4) is 0 Å². The molecule has 1 aromatic carbocycles. The van der Waals surface area contributed by atoms with Crippen molar-refractivity contribution >= 4 is 23.2 Å². The molecule has 1 atom stereocenters. The van der Waals surface area contributed by atoms with Crippen LogP contribution in [0.1, 0.15) is 26.2 Å². The molecule has 1 heterocycles. The lowest BCUT2D eigenvalue weighted by atomic mass is 10.1. The number of rotatable bonds is 6. The second-order valence-corrected chi connectivity index (χ2v) is 5.98. The van der Waals surface area contributed by atoms with Crippen molar-refractivity contribution < 1.29 is 14.3 Å². The first kappa shape index (κ1) is 17.7. The van der Waals surface area contributed by atoms with Crippen LogP contribution in [-0.4, -0.2) is 38.3 Å². The Morgan fingerprint density at radius 2 is 2.13 bits per heavy atom. The van der Waals surface area contributed by atoms with E-state index in [4.69, 9.17) is 26.8 Å². The summed E-state index contributed by atoms with van der Waals surface area (Å²) in [6, 6.07) is 3.37. The van der Waals surface area contributed by atoms with E-state index < -0.39 is 6.10 Å². The first-order valence-electron chi connectivity index (χ1n) is 7.85. The Morgan fingerprint density at radius 3 is 2.74 bits per heavy atom. The number of halogens is 1. The van der Waals surface area contributed by atoms with Gasteiger partial charge in [0.1, 0.15) is 0 Å². The molecule has 0 aromatic heterocycles. The predicted octanol–water partition coefficient (Wildman–Crippen LogP) is 1.96. The van der Waals surface area contributed by atoms with Gasteiger partial charge in [-0.1, -0.05) is 18.5 Å². The van der Waals surface area contributed by atoms with Crippen molar-refractivity contribution in [3.63, 3.8) is 0 Å². The number of carbonyl (C=O) groups excluding carboxylic acids is 1. The average Bonchev–Trinajstić information content (AvgIpc) is 2.56. The fourth-order valence-electron chi connectivity index (χ4n) is 2.54. The second kappa shape index (κ2) is 8.26. The van der Waals surface area contributed by atoms with Crippen LogP contribution in [-0.2, 0) is 4.79 Å². The molecule has 1 amide bonds. The molecule has 7 heteroatoms. The maximum absolute atomic E-state index is 12.4. The van der Waals surface area contributed by atoms with Gasteiger partial charge < -0.3 is 25.8 Å². The summed E-state index contributed by atoms with van der Waals surface area (Å²) in [5.41, 5.74) is 6.20. The van der Waals surface area contributed by atoms with Gasteiger partial charge >= 0.3 is 0 Å². The maximum Gasteiger partial charge on any atom is 0.261 e. The normalized spacial score (nSPS) is 16.7. The number of hydrogen-bond donors (Lipinski definition) is 3. The van der Waals surface area contributed by atoms with Gasteiger partial charge in [-0.3, -0.25) is 4.79 Å². The number of nitrogens with two attached hydrogens (primary N) is 1. The lowest BCUT2D eigenvalue weighted by Gasteiger charge is -2.26. The average molecular weight is 342 g/mol. The number of nitrogens with one attached hydrogen (secondary N) is 2. The summed E-state index contributed by atoms with van der Waals surface area (Å²) in [5, 5.41) is 6.71. The van der Waals surface area contributed by atoms with Gasteiger partial charge in [0.2, 0.25) is 0 Å². The van der Waals surface area contributed by atoms with Crippen molar-refractivity contribution in [3.8, 4) is 11.5 Å². The molecule has 0 aliphatic carbocycles. The van der Waals surface area contributed by atoms with Gasteiger partial charge in [-0.05, 0) is 32.4 Å². The molecule has 2 rings (SSSR count). The van der Waals surface area contributed by atoms with Crippen LogP contribution in [0.4, 0.5) is 5.69 Å². The van der Waals surface area contributed by atoms with E-state index in [-0.39, 0.29) is 11.9 Å². The molecule has 1 saturated heterocycles. The number of carbonyl (C=O) groups is 1. The summed E-state index contributed by atoms with van der Waals surface area (Å²) in [4.78, 5) is 12.4. The van der Waals surface area contributed by atoms with Gasteiger partial charge in [0, 0.05) is 18.2 Å². The topological polar surface area (TPSA) is 85.6 Å². The maximum atomic E-state index is 12.4. The molecule has 1 aliphatic rings. The Kier molecular flexibility index (Phi) is 6.36. The molecule has 1 aliphatic heterocycles. The van der Waals surface area contributed by atoms with Crippen molar-refractivity contribution in [2.75, 3.05) is 25.9 Å². The predicted molar refractivity (Wildman–Crippen MR) is 91.2 cm³/mol. The number of amides is 1. The summed E-state index contributed by atoms with van der Waals surface area (Å²) in [6.07, 6.45) is 1.81. The fourth-order valence-corrected chi connectivity index (χ4v) is 2.69. The number of nitrogen functional groups attached to an aromatic ring is 1. The van der Waals surface area contributed by atoms with Crippen molar-refractivity contribution in [3.05, 3.63) is 17.2 Å². The highest BCUT2D eigenvalue weighted by atomic mass is 35.5. The molecular weight excluding hydrogens is 318 g/mol. The molecule has 1 fully saturated rings. The quantitative estimate of drug-likeness (QED) is 0.689. The standard InChI is InChI=1S/C16H24ClN3O3/c1-3-13(16(21)20-10-4-6-19-7-5-10)23-15-9-12(18)11(17)8-14(15)22-2/h8-10,13,19H,3-7,18H2,1-2H3,(H,20,21). The monoisotopic (exact) mass is 341 g/mol. The zero-order chi connectivity index (χ0) is 16.8. The molecule has 0 bridgehead atoms. The zero-order valence-corrected chi connectivity index (χ0v) is 14.3. The van der Waals surface area contributed by atoms with E-state index in [0.29, 0.717) is 28.6 Å². The second-order valence-electron chi connectivity index (χ2n) is 5.57. The summed E-state index contributed by atoms with van der Waals surface area (Å²) in [7, 11) is 1.52. The third kappa shape index (κ3) is 4.65. The highest BCUT2D eigenvalue weighted by Gasteiger charge is 2.24. The van der Waals surface area contributed by atoms with E-state index in [1.165, 1.54) is 7.11 Å². The Balaban J connectivity index is 2.06. The minimum atomic E-state index is -0.598. The molecule has 23 heavy (non-hydrogen) atoms. The molecule has 128 valence electrons. The number of piperidine rings is 1. The van der Waals surface area contributed by atoms with Crippen LogP contribution in [0.15, 0.2) is 12.1 Å². The van der Waals surface area contributed by atoms with Crippen LogP contribution < -0.4 is 25.8 Å². The first-order chi connectivity index (χ1) is 11.0. The van der Waals surface area contributed by atoms with E-state index in [0.717, 1.165) is 25.9 Å². The van der Waals surface area contributed by atoms with E-state index in [1.807, 2.05) is 6.92 Å². The van der Waals surface area contributed by atoms with Crippen LogP contribution in [0.25, 0.3) is 0 Å². The minimum Gasteiger partial charge on any atom is -0.493 e. The van der Waals surface area contributed by atoms with Crippen LogP contribution in [0, 0.1) is 0 Å². The molecular formula is C16H24ClN3O3. The molecule has 1 unspecified atom stereocenters. The summed E-state index contributed by atoms with van der Waals surface area (Å²) < 4.78 is 11.1. The van der Waals surface area contributed by atoms with Gasteiger partial charge in [0.15, 0.2) is 17.6 Å². The SMILES string of the molecule is CCC(Oc1cc(N)c(Cl)cc1OC)C(=O)NC1CCNCC1. The summed E-state index contributed by atoms with van der Waals surface area (Å²) >= 11 is 5.98. The van der Waals surface area contributed by atoms with Crippen molar-refractivity contribution in [1.82, 2.24) is 10.6 Å². The Labute approximate surface area is 141 Å². The highest BCUT2D eigenvalue weighted by Crippen LogP contribution is 2.35. The van der Waals surface area contributed by atoms with E-state index >= 15 is 0 Å². The number of methoxy groups -OCH3 is 1. The van der Waals surface area contributed by atoms with Crippen molar-refractivity contribution in [1.29, 1.82) is 0 Å². The van der Waals surface area contributed by atoms with Gasteiger partial charge in [0.25, 0.3) is 5.91 Å². The van der Waals surface area contributed by atoms with Crippen molar-refractivity contribution in [2.45, 2.75) is 38.3 Å². The van der Waals surface area contributed by atoms with E-state index in [9.17, 15) is 4.79 Å². The number of hydrogen-bond acceptors (Lipinski definition) is 5. The molecule has 4 N–H and O–H groups in total. The van der Waals surface area contributed by atoms with E-state index in [2.05, 4.69) is 10.6 Å². The number of anilines is 1. The minimum absolute atomic E-state index is 0.116. The lowest BCUT2D eigenvalue weighted by Crippen LogP contribution is -2.47.